The van der Waals surface area contributed by atoms with Crippen LogP contribution in [0.4, 0.5) is 5.69 Å². The normalized spacial score (nSPS) is 10.2. The molecule has 0 saturated carbocycles. The van der Waals surface area contributed by atoms with E-state index in [2.05, 4.69) is 22.3 Å². The van der Waals surface area contributed by atoms with Crippen molar-refractivity contribution >= 4 is 23.3 Å². The van der Waals surface area contributed by atoms with Gasteiger partial charge in [-0.3, -0.25) is 10.1 Å². The summed E-state index contributed by atoms with van der Waals surface area (Å²) in [6.07, 6.45) is 1.96. The quantitative estimate of drug-likeness (QED) is 0.555. The molecule has 0 aliphatic rings. The second kappa shape index (κ2) is 2.90. The first kappa shape index (κ1) is 7.79. The van der Waals surface area contributed by atoms with E-state index in [1.54, 1.807) is 4.68 Å². The second-order valence-electron chi connectivity index (χ2n) is 2.85. The highest BCUT2D eigenvalue weighted by atomic mass is 15.3. The SMILES string of the molecule is C=NNc1ccc2nn(C)cc2c1. The summed E-state index contributed by atoms with van der Waals surface area (Å²) in [6, 6.07) is 5.85. The van der Waals surface area contributed by atoms with Crippen LogP contribution in [-0.2, 0) is 7.05 Å². The van der Waals surface area contributed by atoms with Crippen molar-refractivity contribution < 1.29 is 0 Å². The van der Waals surface area contributed by atoms with E-state index in [-0.39, 0.29) is 0 Å². The summed E-state index contributed by atoms with van der Waals surface area (Å²) in [5, 5.41) is 8.94. The van der Waals surface area contributed by atoms with Crippen molar-refractivity contribution in [2.45, 2.75) is 0 Å². The van der Waals surface area contributed by atoms with Crippen LogP contribution < -0.4 is 5.43 Å². The van der Waals surface area contributed by atoms with Gasteiger partial charge in [-0.05, 0) is 18.2 Å². The van der Waals surface area contributed by atoms with Crippen molar-refractivity contribution in [3.8, 4) is 0 Å². The maximum atomic E-state index is 4.26. The first-order chi connectivity index (χ1) is 6.29. The van der Waals surface area contributed by atoms with E-state index in [0.717, 1.165) is 16.6 Å². The van der Waals surface area contributed by atoms with Gasteiger partial charge in [0, 0.05) is 25.3 Å². The predicted molar refractivity (Wildman–Crippen MR) is 53.9 cm³/mol. The predicted octanol–water partition coefficient (Wildman–Crippen LogP) is 1.60. The van der Waals surface area contributed by atoms with E-state index >= 15 is 0 Å². The Balaban J connectivity index is 2.54. The van der Waals surface area contributed by atoms with Gasteiger partial charge in [0.25, 0.3) is 0 Å². The van der Waals surface area contributed by atoms with Crippen molar-refractivity contribution in [3.05, 3.63) is 24.4 Å². The molecule has 0 amide bonds. The first-order valence-electron chi connectivity index (χ1n) is 3.95. The van der Waals surface area contributed by atoms with E-state index in [0.29, 0.717) is 0 Å². The Kier molecular flexibility index (Phi) is 1.73. The number of hydrazone groups is 1. The zero-order chi connectivity index (χ0) is 9.26. The molecule has 0 atom stereocenters. The fourth-order valence-corrected chi connectivity index (χ4v) is 1.31. The zero-order valence-electron chi connectivity index (χ0n) is 7.36. The van der Waals surface area contributed by atoms with E-state index < -0.39 is 0 Å². The van der Waals surface area contributed by atoms with Gasteiger partial charge in [0.2, 0.25) is 0 Å². The number of anilines is 1. The third kappa shape index (κ3) is 1.38. The number of aromatic nitrogens is 2. The minimum absolute atomic E-state index is 0.926. The van der Waals surface area contributed by atoms with Crippen molar-refractivity contribution in [3.63, 3.8) is 0 Å². The summed E-state index contributed by atoms with van der Waals surface area (Å²) in [6.45, 7) is 3.36. The van der Waals surface area contributed by atoms with Crippen molar-refractivity contribution in [2.24, 2.45) is 12.1 Å². The van der Waals surface area contributed by atoms with E-state index in [1.807, 2.05) is 31.4 Å². The summed E-state index contributed by atoms with van der Waals surface area (Å²) in [4.78, 5) is 0. The lowest BCUT2D eigenvalue weighted by atomic mass is 10.2. The molecule has 0 bridgehead atoms. The van der Waals surface area contributed by atoms with Gasteiger partial charge in [-0.25, -0.2) is 0 Å². The van der Waals surface area contributed by atoms with Gasteiger partial charge in [0.1, 0.15) is 0 Å². The largest absolute Gasteiger partial charge is 0.279 e. The Labute approximate surface area is 75.9 Å². The molecule has 2 rings (SSSR count). The molecule has 66 valence electrons. The number of hydrogen-bond donors (Lipinski definition) is 1. The molecule has 0 fully saturated rings. The molecule has 1 aromatic carbocycles. The van der Waals surface area contributed by atoms with Gasteiger partial charge in [-0.15, -0.1) is 0 Å². The summed E-state index contributed by atoms with van der Waals surface area (Å²) in [7, 11) is 1.90. The molecule has 1 heterocycles. The summed E-state index contributed by atoms with van der Waals surface area (Å²) < 4.78 is 1.79. The van der Waals surface area contributed by atoms with Crippen LogP contribution in [0.5, 0.6) is 0 Å². The third-order valence-corrected chi connectivity index (χ3v) is 1.83. The zero-order valence-corrected chi connectivity index (χ0v) is 7.36. The van der Waals surface area contributed by atoms with Crippen LogP contribution in [0.25, 0.3) is 10.9 Å². The number of hydrogen-bond acceptors (Lipinski definition) is 3. The monoisotopic (exact) mass is 174 g/mol. The Bertz CT molecular complexity index is 444. The molecule has 0 unspecified atom stereocenters. The Morgan fingerprint density at radius 1 is 1.54 bits per heavy atom. The Morgan fingerprint density at radius 2 is 2.38 bits per heavy atom. The Hall–Kier alpha value is -1.84. The molecule has 1 aromatic heterocycles. The number of nitrogens with one attached hydrogen (secondary N) is 1. The highest BCUT2D eigenvalue weighted by molar-refractivity contribution is 5.81. The third-order valence-electron chi connectivity index (χ3n) is 1.83. The van der Waals surface area contributed by atoms with Crippen molar-refractivity contribution in [2.75, 3.05) is 5.43 Å². The van der Waals surface area contributed by atoms with Crippen LogP contribution in [0.2, 0.25) is 0 Å². The lowest BCUT2D eigenvalue weighted by Crippen LogP contribution is -1.85. The molecule has 4 nitrogen and oxygen atoms in total. The maximum Gasteiger partial charge on any atom is 0.0924 e. The molecule has 0 spiro atoms. The van der Waals surface area contributed by atoms with Gasteiger partial charge in [0.15, 0.2) is 0 Å². The molecular weight excluding hydrogens is 164 g/mol. The fraction of sp³-hybridized carbons (Fsp3) is 0.111. The summed E-state index contributed by atoms with van der Waals surface area (Å²) in [5.74, 6) is 0. The first-order valence-corrected chi connectivity index (χ1v) is 3.95. The molecular formula is C9H10N4. The minimum atomic E-state index is 0.926. The molecule has 0 saturated heterocycles. The maximum absolute atomic E-state index is 4.26. The molecule has 0 aliphatic carbocycles. The highest BCUT2D eigenvalue weighted by Crippen LogP contribution is 2.17. The van der Waals surface area contributed by atoms with Crippen LogP contribution in [0.15, 0.2) is 29.5 Å². The molecule has 13 heavy (non-hydrogen) atoms. The standard InChI is InChI=1S/C9H10N4/c1-10-11-8-3-4-9-7(5-8)6-13(2)12-9/h3-6,11H,1H2,2H3. The minimum Gasteiger partial charge on any atom is -0.279 e. The van der Waals surface area contributed by atoms with Crippen molar-refractivity contribution in [1.29, 1.82) is 0 Å². The molecule has 0 radical (unpaired) electrons. The van der Waals surface area contributed by atoms with Gasteiger partial charge >= 0.3 is 0 Å². The second-order valence-corrected chi connectivity index (χ2v) is 2.85. The van der Waals surface area contributed by atoms with Crippen molar-refractivity contribution in [1.82, 2.24) is 9.78 Å². The number of benzene rings is 1. The van der Waals surface area contributed by atoms with Crippen LogP contribution in [-0.4, -0.2) is 16.5 Å². The van der Waals surface area contributed by atoms with E-state index in [4.69, 9.17) is 0 Å². The number of nitrogens with zero attached hydrogens (tertiary/aromatic N) is 3. The van der Waals surface area contributed by atoms with Crippen LogP contribution in [0.1, 0.15) is 0 Å². The summed E-state index contributed by atoms with van der Waals surface area (Å²) >= 11 is 0. The number of rotatable bonds is 2. The topological polar surface area (TPSA) is 42.2 Å². The van der Waals surface area contributed by atoms with Gasteiger partial charge in [-0.1, -0.05) is 0 Å². The smallest absolute Gasteiger partial charge is 0.0924 e. The van der Waals surface area contributed by atoms with Gasteiger partial charge in [-0.2, -0.15) is 10.2 Å². The summed E-state index contributed by atoms with van der Waals surface area (Å²) in [5.41, 5.74) is 4.70. The van der Waals surface area contributed by atoms with Crippen LogP contribution in [0, 0.1) is 0 Å². The molecule has 0 aliphatic heterocycles. The van der Waals surface area contributed by atoms with Gasteiger partial charge in [0.05, 0.1) is 11.2 Å². The van der Waals surface area contributed by atoms with E-state index in [1.165, 1.54) is 0 Å². The van der Waals surface area contributed by atoms with Crippen LogP contribution in [0.3, 0.4) is 0 Å². The molecule has 2 aromatic rings. The highest BCUT2D eigenvalue weighted by Gasteiger charge is 1.98. The average molecular weight is 174 g/mol. The molecule has 4 heteroatoms. The van der Waals surface area contributed by atoms with Gasteiger partial charge < -0.3 is 0 Å². The number of aryl methyl sites for hydroxylation is 1. The lowest BCUT2D eigenvalue weighted by Gasteiger charge is -1.97. The average Bonchev–Trinajstić information content (AvgIpc) is 2.44. The lowest BCUT2D eigenvalue weighted by molar-refractivity contribution is 0.780. The molecule has 1 N–H and O–H groups in total. The fourth-order valence-electron chi connectivity index (χ4n) is 1.31. The number of fused-ring (bicyclic) bond motifs is 1. The Morgan fingerprint density at radius 3 is 3.15 bits per heavy atom. The van der Waals surface area contributed by atoms with Crippen LogP contribution >= 0.6 is 0 Å². The van der Waals surface area contributed by atoms with E-state index in [9.17, 15) is 0 Å².